The third-order valence-electron chi connectivity index (χ3n) is 2.50. The minimum absolute atomic E-state index is 0.203. The van der Waals surface area contributed by atoms with Gasteiger partial charge in [-0.1, -0.05) is 18.5 Å². The summed E-state index contributed by atoms with van der Waals surface area (Å²) in [5.41, 5.74) is -0.321. The quantitative estimate of drug-likeness (QED) is 0.849. The van der Waals surface area contributed by atoms with Gasteiger partial charge in [-0.3, -0.25) is 4.79 Å². The van der Waals surface area contributed by atoms with Gasteiger partial charge in [0.15, 0.2) is 0 Å². The predicted molar refractivity (Wildman–Crippen MR) is 64.7 cm³/mol. The second kappa shape index (κ2) is 5.32. The second-order valence-corrected chi connectivity index (χ2v) is 4.48. The van der Waals surface area contributed by atoms with Gasteiger partial charge in [0.05, 0.1) is 5.60 Å². The molecule has 88 valence electrons. The van der Waals surface area contributed by atoms with Crippen molar-refractivity contribution in [3.05, 3.63) is 34.9 Å². The molecular formula is C12H16ClNO2. The molecule has 1 unspecified atom stereocenters. The van der Waals surface area contributed by atoms with Crippen molar-refractivity contribution in [2.75, 3.05) is 6.54 Å². The Balaban J connectivity index is 2.56. The maximum absolute atomic E-state index is 11.7. The number of hydrogen-bond acceptors (Lipinski definition) is 2. The molecule has 0 aliphatic heterocycles. The van der Waals surface area contributed by atoms with Crippen LogP contribution in [-0.4, -0.2) is 23.2 Å². The van der Waals surface area contributed by atoms with E-state index < -0.39 is 5.60 Å². The van der Waals surface area contributed by atoms with Crippen LogP contribution in [-0.2, 0) is 0 Å². The Morgan fingerprint density at radius 2 is 2.00 bits per heavy atom. The summed E-state index contributed by atoms with van der Waals surface area (Å²) in [7, 11) is 0. The molecule has 4 heteroatoms. The van der Waals surface area contributed by atoms with E-state index in [9.17, 15) is 9.90 Å². The Bertz CT molecular complexity index is 360. The van der Waals surface area contributed by atoms with E-state index in [1.54, 1.807) is 31.2 Å². The van der Waals surface area contributed by atoms with E-state index in [4.69, 9.17) is 11.6 Å². The number of aliphatic hydroxyl groups is 1. The van der Waals surface area contributed by atoms with Crippen LogP contribution in [0.5, 0.6) is 0 Å². The van der Waals surface area contributed by atoms with Gasteiger partial charge >= 0.3 is 0 Å². The number of carbonyl (C=O) groups is 1. The summed E-state index contributed by atoms with van der Waals surface area (Å²) in [6.07, 6.45) is 0.591. The standard InChI is InChI=1S/C12H16ClNO2/c1-3-12(2,16)8-14-11(15)9-4-6-10(13)7-5-9/h4-7,16H,3,8H2,1-2H3,(H,14,15). The number of rotatable bonds is 4. The fourth-order valence-corrected chi connectivity index (χ4v) is 1.23. The molecule has 0 spiro atoms. The Morgan fingerprint density at radius 1 is 1.44 bits per heavy atom. The van der Waals surface area contributed by atoms with Gasteiger partial charge in [0.25, 0.3) is 5.91 Å². The van der Waals surface area contributed by atoms with Crippen LogP contribution in [0.15, 0.2) is 24.3 Å². The van der Waals surface area contributed by atoms with Crippen molar-refractivity contribution in [2.24, 2.45) is 0 Å². The summed E-state index contributed by atoms with van der Waals surface area (Å²) < 4.78 is 0. The second-order valence-electron chi connectivity index (χ2n) is 4.04. The maximum atomic E-state index is 11.7. The van der Waals surface area contributed by atoms with E-state index in [2.05, 4.69) is 5.32 Å². The van der Waals surface area contributed by atoms with E-state index in [1.165, 1.54) is 0 Å². The summed E-state index contributed by atoms with van der Waals surface area (Å²) >= 11 is 5.72. The van der Waals surface area contributed by atoms with E-state index in [0.717, 1.165) is 0 Å². The van der Waals surface area contributed by atoms with E-state index in [-0.39, 0.29) is 12.5 Å². The predicted octanol–water partition coefficient (Wildman–Crippen LogP) is 2.23. The van der Waals surface area contributed by atoms with E-state index in [1.807, 2.05) is 6.92 Å². The highest BCUT2D eigenvalue weighted by Crippen LogP contribution is 2.10. The molecule has 0 heterocycles. The molecular weight excluding hydrogens is 226 g/mol. The molecule has 0 saturated heterocycles. The average Bonchev–Trinajstić information content (AvgIpc) is 2.27. The first-order valence-electron chi connectivity index (χ1n) is 5.21. The molecule has 3 nitrogen and oxygen atoms in total. The highest BCUT2D eigenvalue weighted by molar-refractivity contribution is 6.30. The minimum Gasteiger partial charge on any atom is -0.388 e. The first-order chi connectivity index (χ1) is 7.44. The summed E-state index contributed by atoms with van der Waals surface area (Å²) in [5, 5.41) is 13.0. The summed E-state index contributed by atoms with van der Waals surface area (Å²) in [6.45, 7) is 3.80. The zero-order valence-electron chi connectivity index (χ0n) is 9.46. The largest absolute Gasteiger partial charge is 0.388 e. The van der Waals surface area contributed by atoms with Gasteiger partial charge < -0.3 is 10.4 Å². The van der Waals surface area contributed by atoms with Crippen LogP contribution in [0.1, 0.15) is 30.6 Å². The van der Waals surface area contributed by atoms with Crippen LogP contribution in [0.3, 0.4) is 0 Å². The fourth-order valence-electron chi connectivity index (χ4n) is 1.10. The van der Waals surface area contributed by atoms with E-state index in [0.29, 0.717) is 17.0 Å². The summed E-state index contributed by atoms with van der Waals surface area (Å²) in [5.74, 6) is -0.203. The third kappa shape index (κ3) is 3.83. The molecule has 1 aromatic carbocycles. The lowest BCUT2D eigenvalue weighted by atomic mass is 10.0. The number of amides is 1. The molecule has 0 aromatic heterocycles. The van der Waals surface area contributed by atoms with Crippen molar-refractivity contribution in [3.63, 3.8) is 0 Å². The van der Waals surface area contributed by atoms with Gasteiger partial charge in [-0.15, -0.1) is 0 Å². The van der Waals surface area contributed by atoms with Gasteiger partial charge in [-0.25, -0.2) is 0 Å². The molecule has 1 atom stereocenters. The molecule has 1 aromatic rings. The highest BCUT2D eigenvalue weighted by Gasteiger charge is 2.18. The van der Waals surface area contributed by atoms with Gasteiger partial charge in [0.2, 0.25) is 0 Å². The molecule has 0 aliphatic rings. The van der Waals surface area contributed by atoms with Crippen molar-refractivity contribution in [1.82, 2.24) is 5.32 Å². The van der Waals surface area contributed by atoms with Gasteiger partial charge in [-0.2, -0.15) is 0 Å². The van der Waals surface area contributed by atoms with Crippen molar-refractivity contribution >= 4 is 17.5 Å². The lowest BCUT2D eigenvalue weighted by Crippen LogP contribution is -2.40. The number of carbonyl (C=O) groups excluding carboxylic acids is 1. The van der Waals surface area contributed by atoms with Gasteiger partial charge in [0.1, 0.15) is 0 Å². The van der Waals surface area contributed by atoms with Crippen molar-refractivity contribution < 1.29 is 9.90 Å². The lowest BCUT2D eigenvalue weighted by Gasteiger charge is -2.21. The van der Waals surface area contributed by atoms with Crippen LogP contribution in [0.25, 0.3) is 0 Å². The Labute approximate surface area is 100 Å². The topological polar surface area (TPSA) is 49.3 Å². The van der Waals surface area contributed by atoms with Crippen molar-refractivity contribution in [3.8, 4) is 0 Å². The van der Waals surface area contributed by atoms with Crippen LogP contribution in [0.2, 0.25) is 5.02 Å². The Morgan fingerprint density at radius 3 is 2.50 bits per heavy atom. The Hall–Kier alpha value is -1.06. The summed E-state index contributed by atoms with van der Waals surface area (Å²) in [4.78, 5) is 11.7. The number of halogens is 1. The molecule has 0 aliphatic carbocycles. The molecule has 2 N–H and O–H groups in total. The monoisotopic (exact) mass is 241 g/mol. The van der Waals surface area contributed by atoms with Crippen molar-refractivity contribution in [1.29, 1.82) is 0 Å². The molecule has 1 rings (SSSR count). The van der Waals surface area contributed by atoms with Gasteiger partial charge in [0, 0.05) is 17.1 Å². The molecule has 0 bridgehead atoms. The van der Waals surface area contributed by atoms with Crippen LogP contribution >= 0.6 is 11.6 Å². The van der Waals surface area contributed by atoms with Crippen LogP contribution in [0.4, 0.5) is 0 Å². The molecule has 0 saturated carbocycles. The Kier molecular flexibility index (Phi) is 4.33. The van der Waals surface area contributed by atoms with E-state index >= 15 is 0 Å². The zero-order valence-corrected chi connectivity index (χ0v) is 10.2. The molecule has 16 heavy (non-hydrogen) atoms. The third-order valence-corrected chi connectivity index (χ3v) is 2.75. The number of nitrogens with one attached hydrogen (secondary N) is 1. The highest BCUT2D eigenvalue weighted by atomic mass is 35.5. The smallest absolute Gasteiger partial charge is 0.251 e. The SMILES string of the molecule is CCC(C)(O)CNC(=O)c1ccc(Cl)cc1. The normalized spacial score (nSPS) is 14.2. The minimum atomic E-state index is -0.859. The number of benzene rings is 1. The lowest BCUT2D eigenvalue weighted by molar-refractivity contribution is 0.0518. The van der Waals surface area contributed by atoms with Gasteiger partial charge in [-0.05, 0) is 37.6 Å². The van der Waals surface area contributed by atoms with Crippen LogP contribution < -0.4 is 5.32 Å². The molecule has 0 fully saturated rings. The van der Waals surface area contributed by atoms with Crippen molar-refractivity contribution in [2.45, 2.75) is 25.9 Å². The summed E-state index contributed by atoms with van der Waals surface area (Å²) in [6, 6.07) is 6.62. The molecule has 0 radical (unpaired) electrons. The first kappa shape index (κ1) is 13.0. The zero-order chi connectivity index (χ0) is 12.2. The van der Waals surface area contributed by atoms with Crippen LogP contribution in [0, 0.1) is 0 Å². The number of hydrogen-bond donors (Lipinski definition) is 2. The average molecular weight is 242 g/mol. The molecule has 1 amide bonds. The fraction of sp³-hybridized carbons (Fsp3) is 0.417. The maximum Gasteiger partial charge on any atom is 0.251 e. The first-order valence-corrected chi connectivity index (χ1v) is 5.58.